The summed E-state index contributed by atoms with van der Waals surface area (Å²) in [4.78, 5) is 15.5. The van der Waals surface area contributed by atoms with Crippen molar-refractivity contribution in [2.45, 2.75) is 13.0 Å². The molecule has 0 fully saturated rings. The fraction of sp³-hybridized carbons (Fsp3) is 0.312. The van der Waals surface area contributed by atoms with Gasteiger partial charge in [-0.15, -0.1) is 11.3 Å². The number of nitrogens with one attached hydrogen (secondary N) is 1. The Balaban J connectivity index is 1.89. The third-order valence-corrected chi connectivity index (χ3v) is 4.20. The van der Waals surface area contributed by atoms with Gasteiger partial charge in [0.1, 0.15) is 0 Å². The summed E-state index contributed by atoms with van der Waals surface area (Å²) in [7, 11) is 5.46. The summed E-state index contributed by atoms with van der Waals surface area (Å²) in [5.74, 6) is -0.198. The lowest BCUT2D eigenvalue weighted by atomic mass is 10.2. The molecule has 1 heterocycles. The molecular formula is C16H20N2O2S. The zero-order valence-corrected chi connectivity index (χ0v) is 13.4. The molecule has 1 N–H and O–H groups in total. The molecule has 5 heteroatoms. The minimum Gasteiger partial charge on any atom is -0.469 e. The number of methoxy groups -OCH3 is 1. The minimum absolute atomic E-state index is 0.198. The molecule has 0 atom stereocenters. The highest BCUT2D eigenvalue weighted by atomic mass is 32.1. The minimum atomic E-state index is -0.198. The fourth-order valence-corrected chi connectivity index (χ4v) is 2.84. The van der Waals surface area contributed by atoms with Crippen molar-refractivity contribution < 1.29 is 9.53 Å². The molecular weight excluding hydrogens is 284 g/mol. The maximum atomic E-state index is 11.2. The number of hydrogen-bond acceptors (Lipinski definition) is 5. The van der Waals surface area contributed by atoms with Gasteiger partial charge in [-0.1, -0.05) is 0 Å². The van der Waals surface area contributed by atoms with E-state index in [0.717, 1.165) is 17.1 Å². The number of esters is 1. The summed E-state index contributed by atoms with van der Waals surface area (Å²) in [6, 6.07) is 12.3. The van der Waals surface area contributed by atoms with Crippen LogP contribution in [-0.2, 0) is 22.5 Å². The zero-order chi connectivity index (χ0) is 15.2. The van der Waals surface area contributed by atoms with Gasteiger partial charge in [-0.2, -0.15) is 0 Å². The summed E-state index contributed by atoms with van der Waals surface area (Å²) in [5.41, 5.74) is 2.26. The highest BCUT2D eigenvalue weighted by molar-refractivity contribution is 7.12. The topological polar surface area (TPSA) is 41.6 Å². The molecule has 0 spiro atoms. The van der Waals surface area contributed by atoms with Gasteiger partial charge in [0.25, 0.3) is 0 Å². The largest absolute Gasteiger partial charge is 0.469 e. The van der Waals surface area contributed by atoms with Crippen LogP contribution in [-0.4, -0.2) is 27.2 Å². The summed E-state index contributed by atoms with van der Waals surface area (Å²) in [6.45, 7) is 0.757. The van der Waals surface area contributed by atoms with E-state index in [1.807, 2.05) is 26.2 Å². The molecule has 21 heavy (non-hydrogen) atoms. The van der Waals surface area contributed by atoms with Gasteiger partial charge < -0.3 is 15.0 Å². The van der Waals surface area contributed by atoms with Gasteiger partial charge in [0.05, 0.1) is 13.5 Å². The Bertz CT molecular complexity index is 591. The average Bonchev–Trinajstić information content (AvgIpc) is 2.93. The van der Waals surface area contributed by atoms with Crippen LogP contribution in [0.2, 0.25) is 0 Å². The third kappa shape index (κ3) is 4.49. The monoisotopic (exact) mass is 304 g/mol. The summed E-state index contributed by atoms with van der Waals surface area (Å²) >= 11 is 1.63. The molecule has 2 aromatic rings. The van der Waals surface area contributed by atoms with Gasteiger partial charge >= 0.3 is 5.97 Å². The van der Waals surface area contributed by atoms with E-state index in [0.29, 0.717) is 6.42 Å². The van der Waals surface area contributed by atoms with Crippen molar-refractivity contribution >= 4 is 28.7 Å². The van der Waals surface area contributed by atoms with Crippen molar-refractivity contribution in [2.75, 3.05) is 31.4 Å². The molecule has 0 unspecified atom stereocenters. The first-order valence-electron chi connectivity index (χ1n) is 6.74. The van der Waals surface area contributed by atoms with E-state index in [1.165, 1.54) is 17.7 Å². The number of benzene rings is 1. The fourth-order valence-electron chi connectivity index (χ4n) is 1.89. The first-order chi connectivity index (χ1) is 10.1. The summed E-state index contributed by atoms with van der Waals surface area (Å²) in [6.07, 6.45) is 0.346. The second-order valence-corrected chi connectivity index (χ2v) is 6.17. The molecule has 1 aromatic heterocycles. The van der Waals surface area contributed by atoms with Crippen LogP contribution in [0.15, 0.2) is 36.4 Å². The van der Waals surface area contributed by atoms with E-state index < -0.39 is 0 Å². The highest BCUT2D eigenvalue weighted by Crippen LogP contribution is 2.20. The van der Waals surface area contributed by atoms with Gasteiger partial charge in [0.2, 0.25) is 0 Å². The standard InChI is InChI=1S/C16H20N2O2S/c1-18(2)13-6-4-12(5-7-13)17-11-15-9-8-14(21-15)10-16(19)20-3/h4-9,17H,10-11H2,1-3H3. The predicted molar refractivity (Wildman–Crippen MR) is 88.1 cm³/mol. The van der Waals surface area contributed by atoms with Crippen molar-refractivity contribution in [1.82, 2.24) is 0 Å². The molecule has 0 aliphatic rings. The van der Waals surface area contributed by atoms with Crippen molar-refractivity contribution in [2.24, 2.45) is 0 Å². The molecule has 0 saturated carbocycles. The number of hydrogen-bond donors (Lipinski definition) is 1. The predicted octanol–water partition coefficient (Wildman–Crippen LogP) is 3.14. The quantitative estimate of drug-likeness (QED) is 0.833. The second kappa shape index (κ2) is 7.13. The van der Waals surface area contributed by atoms with Gasteiger partial charge in [-0.25, -0.2) is 0 Å². The third-order valence-electron chi connectivity index (χ3n) is 3.11. The van der Waals surface area contributed by atoms with Crippen LogP contribution < -0.4 is 10.2 Å². The number of carbonyl (C=O) groups is 1. The van der Waals surface area contributed by atoms with Crippen LogP contribution in [0.25, 0.3) is 0 Å². The van der Waals surface area contributed by atoms with Crippen molar-refractivity contribution in [3.8, 4) is 0 Å². The zero-order valence-electron chi connectivity index (χ0n) is 12.6. The number of rotatable bonds is 6. The number of carbonyl (C=O) groups excluding carboxylic acids is 1. The SMILES string of the molecule is COC(=O)Cc1ccc(CNc2ccc(N(C)C)cc2)s1. The van der Waals surface area contributed by atoms with Crippen molar-refractivity contribution in [1.29, 1.82) is 0 Å². The van der Waals surface area contributed by atoms with E-state index in [2.05, 4.69) is 39.2 Å². The molecule has 1 aromatic carbocycles. The van der Waals surface area contributed by atoms with Gasteiger partial charge in [0.15, 0.2) is 0 Å². The van der Waals surface area contributed by atoms with Crippen LogP contribution in [0.1, 0.15) is 9.75 Å². The van der Waals surface area contributed by atoms with Crippen molar-refractivity contribution in [3.05, 3.63) is 46.2 Å². The Morgan fingerprint density at radius 1 is 1.14 bits per heavy atom. The Morgan fingerprint density at radius 2 is 1.81 bits per heavy atom. The van der Waals surface area contributed by atoms with Crippen LogP contribution in [0.4, 0.5) is 11.4 Å². The van der Waals surface area contributed by atoms with E-state index >= 15 is 0 Å². The second-order valence-electron chi connectivity index (χ2n) is 4.92. The highest BCUT2D eigenvalue weighted by Gasteiger charge is 2.06. The van der Waals surface area contributed by atoms with Crippen LogP contribution in [0.5, 0.6) is 0 Å². The first kappa shape index (κ1) is 15.4. The van der Waals surface area contributed by atoms with E-state index in [-0.39, 0.29) is 5.97 Å². The normalized spacial score (nSPS) is 10.2. The molecule has 0 saturated heterocycles. The molecule has 0 amide bonds. The van der Waals surface area contributed by atoms with Crippen LogP contribution in [0.3, 0.4) is 0 Å². The lowest BCUT2D eigenvalue weighted by molar-refractivity contribution is -0.139. The first-order valence-corrected chi connectivity index (χ1v) is 7.56. The molecule has 112 valence electrons. The smallest absolute Gasteiger partial charge is 0.310 e. The Labute approximate surface area is 129 Å². The lowest BCUT2D eigenvalue weighted by Gasteiger charge is -2.13. The molecule has 2 rings (SSSR count). The maximum absolute atomic E-state index is 11.2. The number of nitrogens with zero attached hydrogens (tertiary/aromatic N) is 1. The molecule has 0 aliphatic carbocycles. The molecule has 0 bridgehead atoms. The van der Waals surface area contributed by atoms with Crippen LogP contribution in [0, 0.1) is 0 Å². The molecule has 0 aliphatic heterocycles. The average molecular weight is 304 g/mol. The Kier molecular flexibility index (Phi) is 5.22. The molecule has 4 nitrogen and oxygen atoms in total. The Morgan fingerprint density at radius 3 is 2.43 bits per heavy atom. The van der Waals surface area contributed by atoms with Gasteiger partial charge in [-0.3, -0.25) is 4.79 Å². The lowest BCUT2D eigenvalue weighted by Crippen LogP contribution is -2.08. The van der Waals surface area contributed by atoms with Crippen LogP contribution >= 0.6 is 11.3 Å². The van der Waals surface area contributed by atoms with E-state index in [1.54, 1.807) is 11.3 Å². The number of ether oxygens (including phenoxy) is 1. The molecule has 0 radical (unpaired) electrons. The van der Waals surface area contributed by atoms with E-state index in [4.69, 9.17) is 0 Å². The van der Waals surface area contributed by atoms with Gasteiger partial charge in [0, 0.05) is 41.8 Å². The van der Waals surface area contributed by atoms with Crippen molar-refractivity contribution in [3.63, 3.8) is 0 Å². The summed E-state index contributed by atoms with van der Waals surface area (Å²) < 4.78 is 4.67. The number of thiophene rings is 1. The summed E-state index contributed by atoms with van der Waals surface area (Å²) in [5, 5.41) is 3.38. The number of anilines is 2. The van der Waals surface area contributed by atoms with E-state index in [9.17, 15) is 4.79 Å². The van der Waals surface area contributed by atoms with Gasteiger partial charge in [-0.05, 0) is 36.4 Å². The maximum Gasteiger partial charge on any atom is 0.310 e. The Hall–Kier alpha value is -2.01.